The van der Waals surface area contributed by atoms with E-state index in [1.54, 1.807) is 0 Å². The molecular formula is C31H28N6OS. The second kappa shape index (κ2) is 10.4. The molecule has 0 spiro atoms. The first kappa shape index (κ1) is 24.9. The molecule has 0 bridgehead atoms. The van der Waals surface area contributed by atoms with Gasteiger partial charge >= 0.3 is 0 Å². The lowest BCUT2D eigenvalue weighted by Crippen LogP contribution is -2.23. The van der Waals surface area contributed by atoms with E-state index in [0.29, 0.717) is 10.1 Å². The average molecular weight is 533 g/mol. The number of aliphatic imine (C=N–C) groups is 1. The summed E-state index contributed by atoms with van der Waals surface area (Å²) in [5.41, 5.74) is 6.89. The summed E-state index contributed by atoms with van der Waals surface area (Å²) in [7, 11) is 4.06. The van der Waals surface area contributed by atoms with Crippen molar-refractivity contribution in [2.45, 2.75) is 19.4 Å². The van der Waals surface area contributed by atoms with Crippen LogP contribution in [0.25, 0.3) is 23.0 Å². The van der Waals surface area contributed by atoms with Gasteiger partial charge in [-0.25, -0.2) is 9.69 Å². The normalized spacial score (nSPS) is 18.0. The summed E-state index contributed by atoms with van der Waals surface area (Å²) in [5, 5.41) is 12.1. The van der Waals surface area contributed by atoms with E-state index in [-0.39, 0.29) is 11.9 Å². The van der Waals surface area contributed by atoms with Crippen LogP contribution in [0, 0.1) is 0 Å². The molecule has 39 heavy (non-hydrogen) atoms. The van der Waals surface area contributed by atoms with Crippen molar-refractivity contribution < 1.29 is 4.79 Å². The molecular weight excluding hydrogens is 504 g/mol. The number of nitrogens with zero attached hydrogens (tertiary/aromatic N) is 6. The van der Waals surface area contributed by atoms with Crippen molar-refractivity contribution in [3.8, 4) is 16.9 Å². The molecule has 1 amide bonds. The summed E-state index contributed by atoms with van der Waals surface area (Å²) in [6.45, 7) is 2.02. The maximum Gasteiger partial charge on any atom is 0.286 e. The van der Waals surface area contributed by atoms with Gasteiger partial charge in [0.15, 0.2) is 5.17 Å². The molecule has 2 aliphatic rings. The molecule has 6 rings (SSSR count). The van der Waals surface area contributed by atoms with E-state index in [1.165, 1.54) is 11.8 Å². The second-order valence-electron chi connectivity index (χ2n) is 9.78. The van der Waals surface area contributed by atoms with Crippen molar-refractivity contribution >= 4 is 40.3 Å². The van der Waals surface area contributed by atoms with Gasteiger partial charge in [-0.15, -0.1) is 0 Å². The number of hydrazone groups is 1. The van der Waals surface area contributed by atoms with Crippen molar-refractivity contribution in [2.24, 2.45) is 10.1 Å². The minimum atomic E-state index is -0.261. The van der Waals surface area contributed by atoms with Gasteiger partial charge < -0.3 is 4.90 Å². The third kappa shape index (κ3) is 5.03. The minimum absolute atomic E-state index is 0.000299. The highest BCUT2D eigenvalue weighted by atomic mass is 32.2. The highest BCUT2D eigenvalue weighted by Gasteiger charge is 2.35. The van der Waals surface area contributed by atoms with Gasteiger partial charge in [-0.3, -0.25) is 4.79 Å². The van der Waals surface area contributed by atoms with Crippen LogP contribution in [0.4, 0.5) is 5.69 Å². The van der Waals surface area contributed by atoms with Gasteiger partial charge in [0.25, 0.3) is 5.91 Å². The van der Waals surface area contributed by atoms with E-state index in [4.69, 9.17) is 10.2 Å². The number of hydrogen-bond donors (Lipinski definition) is 0. The molecule has 0 fully saturated rings. The Hall–Kier alpha value is -4.43. The van der Waals surface area contributed by atoms with E-state index in [1.807, 2.05) is 104 Å². The number of para-hydroxylation sites is 1. The maximum atomic E-state index is 13.1. The smallest absolute Gasteiger partial charge is 0.286 e. The summed E-state index contributed by atoms with van der Waals surface area (Å²) < 4.78 is 1.85. The summed E-state index contributed by atoms with van der Waals surface area (Å²) in [4.78, 5) is 20.2. The lowest BCUT2D eigenvalue weighted by molar-refractivity contribution is -0.113. The molecule has 194 valence electrons. The number of carbonyl (C=O) groups is 1. The lowest BCUT2D eigenvalue weighted by Gasteiger charge is -2.23. The number of carbonyl (C=O) groups excluding carboxylic acids is 1. The molecule has 1 atom stereocenters. The number of thioether (sulfide) groups is 1. The molecule has 0 saturated carbocycles. The van der Waals surface area contributed by atoms with Crippen molar-refractivity contribution in [3.63, 3.8) is 0 Å². The zero-order valence-corrected chi connectivity index (χ0v) is 22.8. The predicted molar refractivity (Wildman–Crippen MR) is 160 cm³/mol. The van der Waals surface area contributed by atoms with Gasteiger partial charge in [-0.1, -0.05) is 60.7 Å². The Morgan fingerprint density at radius 1 is 0.949 bits per heavy atom. The van der Waals surface area contributed by atoms with Crippen LogP contribution in [0.5, 0.6) is 0 Å². The number of amides is 1. The Bertz CT molecular complexity index is 1600. The SMILES string of the molecule is CC1=NN(C2=NC(=O)/C(=C/c3cn(-c4ccccc4)nc3-c3ccccc3)S2)C(c2ccc(N(C)C)cc2)C1. The van der Waals surface area contributed by atoms with Crippen LogP contribution in [0.15, 0.2) is 106 Å². The minimum Gasteiger partial charge on any atom is -0.378 e. The van der Waals surface area contributed by atoms with Gasteiger partial charge in [-0.05, 0) is 54.6 Å². The molecule has 0 radical (unpaired) electrons. The van der Waals surface area contributed by atoms with E-state index in [0.717, 1.165) is 45.9 Å². The lowest BCUT2D eigenvalue weighted by atomic mass is 10.0. The summed E-state index contributed by atoms with van der Waals surface area (Å²) >= 11 is 1.36. The molecule has 2 aliphatic heterocycles. The fourth-order valence-corrected chi connectivity index (χ4v) is 5.66. The molecule has 0 aliphatic carbocycles. The summed E-state index contributed by atoms with van der Waals surface area (Å²) in [6, 6.07) is 28.4. The van der Waals surface area contributed by atoms with Crippen LogP contribution in [0.3, 0.4) is 0 Å². The molecule has 3 heterocycles. The molecule has 0 saturated heterocycles. The molecule has 4 aromatic rings. The van der Waals surface area contributed by atoms with Gasteiger partial charge in [0.1, 0.15) is 0 Å². The fourth-order valence-electron chi connectivity index (χ4n) is 4.75. The Labute approximate surface area is 232 Å². The maximum absolute atomic E-state index is 13.1. The van der Waals surface area contributed by atoms with E-state index >= 15 is 0 Å². The zero-order chi connectivity index (χ0) is 26.9. The molecule has 1 unspecified atom stereocenters. The van der Waals surface area contributed by atoms with Gasteiger partial charge in [0, 0.05) is 49.2 Å². The standard InChI is InChI=1S/C31H28N6OS/c1-21-18-27(22-14-16-25(17-15-22)35(2)3)37(33-21)31-32-30(38)28(39-31)19-24-20-36(26-12-8-5-9-13-26)34-29(24)23-10-6-4-7-11-23/h4-17,19-20,27H,18H2,1-3H3/b28-19-. The molecule has 1 aromatic heterocycles. The topological polar surface area (TPSA) is 66.1 Å². The second-order valence-corrected chi connectivity index (χ2v) is 10.8. The average Bonchev–Trinajstić information content (AvgIpc) is 3.67. The zero-order valence-electron chi connectivity index (χ0n) is 22.0. The number of anilines is 1. The van der Waals surface area contributed by atoms with E-state index < -0.39 is 0 Å². The van der Waals surface area contributed by atoms with Gasteiger partial charge in [0.2, 0.25) is 0 Å². The van der Waals surface area contributed by atoms with Crippen LogP contribution in [-0.4, -0.2) is 45.7 Å². The van der Waals surface area contributed by atoms with Crippen LogP contribution in [0.1, 0.15) is 30.5 Å². The monoisotopic (exact) mass is 532 g/mol. The largest absolute Gasteiger partial charge is 0.378 e. The number of benzene rings is 3. The molecule has 7 nitrogen and oxygen atoms in total. The Balaban J connectivity index is 1.31. The summed E-state index contributed by atoms with van der Waals surface area (Å²) in [6.07, 6.45) is 4.64. The van der Waals surface area contributed by atoms with Crippen LogP contribution in [0.2, 0.25) is 0 Å². The van der Waals surface area contributed by atoms with E-state index in [9.17, 15) is 4.79 Å². The highest BCUT2D eigenvalue weighted by Crippen LogP contribution is 2.39. The van der Waals surface area contributed by atoms with Gasteiger partial charge in [0.05, 0.1) is 22.3 Å². The Kier molecular flexibility index (Phi) is 6.62. The Morgan fingerprint density at radius 2 is 1.64 bits per heavy atom. The van der Waals surface area contributed by atoms with Crippen LogP contribution in [-0.2, 0) is 4.79 Å². The number of hydrogen-bond acceptors (Lipinski definition) is 6. The first-order valence-corrected chi connectivity index (χ1v) is 13.6. The third-order valence-corrected chi connectivity index (χ3v) is 7.73. The quantitative estimate of drug-likeness (QED) is 0.278. The van der Waals surface area contributed by atoms with Crippen molar-refractivity contribution in [1.82, 2.24) is 14.8 Å². The van der Waals surface area contributed by atoms with Crippen LogP contribution >= 0.6 is 11.8 Å². The van der Waals surface area contributed by atoms with Gasteiger partial charge in [-0.2, -0.15) is 15.2 Å². The fraction of sp³-hybridized carbons (Fsp3) is 0.161. The third-order valence-electron chi connectivity index (χ3n) is 6.76. The number of amidine groups is 1. The van der Waals surface area contributed by atoms with Crippen LogP contribution < -0.4 is 4.90 Å². The number of rotatable bonds is 5. The first-order valence-electron chi connectivity index (χ1n) is 12.8. The predicted octanol–water partition coefficient (Wildman–Crippen LogP) is 6.40. The Morgan fingerprint density at radius 3 is 2.33 bits per heavy atom. The van der Waals surface area contributed by atoms with Crippen molar-refractivity contribution in [1.29, 1.82) is 0 Å². The molecule has 3 aromatic carbocycles. The summed E-state index contributed by atoms with van der Waals surface area (Å²) in [5.74, 6) is -0.261. The number of aromatic nitrogens is 2. The van der Waals surface area contributed by atoms with Crippen molar-refractivity contribution in [2.75, 3.05) is 19.0 Å². The first-order chi connectivity index (χ1) is 19.0. The van der Waals surface area contributed by atoms with Crippen molar-refractivity contribution in [3.05, 3.63) is 107 Å². The molecule has 0 N–H and O–H groups in total. The van der Waals surface area contributed by atoms with E-state index in [2.05, 4.69) is 34.2 Å². The molecule has 8 heteroatoms. The highest BCUT2D eigenvalue weighted by molar-refractivity contribution is 8.18.